The summed E-state index contributed by atoms with van der Waals surface area (Å²) >= 11 is 0. The van der Waals surface area contributed by atoms with Crippen LogP contribution >= 0.6 is 0 Å². The van der Waals surface area contributed by atoms with Crippen molar-refractivity contribution in [3.8, 4) is 0 Å². The van der Waals surface area contributed by atoms with Gasteiger partial charge in [0.2, 0.25) is 0 Å². The van der Waals surface area contributed by atoms with Gasteiger partial charge in [0.25, 0.3) is 5.69 Å². The van der Waals surface area contributed by atoms with Crippen LogP contribution in [0.4, 0.5) is 20.2 Å². The molecule has 1 aromatic carbocycles. The second kappa shape index (κ2) is 5.64. The summed E-state index contributed by atoms with van der Waals surface area (Å²) in [6.45, 7) is 0.267. The number of non-ortho nitro benzene ring substituents is 1. The summed E-state index contributed by atoms with van der Waals surface area (Å²) < 4.78 is 28.8. The fourth-order valence-electron chi connectivity index (χ4n) is 1.75. The molecule has 0 fully saturated rings. The number of hydrogen-bond acceptors (Lipinski definition) is 4. The molecule has 0 spiro atoms. The Balaban J connectivity index is 2.04. The van der Waals surface area contributed by atoms with E-state index in [2.05, 4.69) is 10.4 Å². The molecule has 6 nitrogen and oxygen atoms in total. The molecular weight excluding hydrogens is 270 g/mol. The zero-order chi connectivity index (χ0) is 14.7. The van der Waals surface area contributed by atoms with Crippen LogP contribution in [0.2, 0.25) is 0 Å². The van der Waals surface area contributed by atoms with Crippen molar-refractivity contribution in [1.82, 2.24) is 9.78 Å². The quantitative estimate of drug-likeness (QED) is 0.674. The van der Waals surface area contributed by atoms with E-state index in [1.54, 1.807) is 24.0 Å². The normalized spacial score (nSPS) is 10.6. The van der Waals surface area contributed by atoms with Gasteiger partial charge in [-0.1, -0.05) is 0 Å². The predicted molar refractivity (Wildman–Crippen MR) is 68.4 cm³/mol. The lowest BCUT2D eigenvalue weighted by Crippen LogP contribution is -2.09. The maximum absolute atomic E-state index is 13.6. The van der Waals surface area contributed by atoms with Gasteiger partial charge in [0.15, 0.2) is 11.6 Å². The van der Waals surface area contributed by atoms with E-state index >= 15 is 0 Å². The molecule has 1 N–H and O–H groups in total. The number of aryl methyl sites for hydroxylation is 1. The third-order valence-electron chi connectivity index (χ3n) is 2.69. The zero-order valence-electron chi connectivity index (χ0n) is 10.6. The van der Waals surface area contributed by atoms with Gasteiger partial charge in [-0.2, -0.15) is 5.10 Å². The number of benzene rings is 1. The molecular formula is C12H12F2N4O2. The Kier molecular flexibility index (Phi) is 3.92. The molecule has 0 saturated heterocycles. The van der Waals surface area contributed by atoms with Crippen molar-refractivity contribution in [3.05, 3.63) is 51.8 Å². The van der Waals surface area contributed by atoms with Gasteiger partial charge in [-0.3, -0.25) is 14.8 Å². The number of anilines is 1. The van der Waals surface area contributed by atoms with E-state index in [0.29, 0.717) is 18.6 Å². The molecule has 1 heterocycles. The first kappa shape index (κ1) is 13.9. The molecule has 0 atom stereocenters. The first-order valence-corrected chi connectivity index (χ1v) is 5.83. The molecule has 20 heavy (non-hydrogen) atoms. The molecule has 0 aliphatic rings. The number of halogens is 2. The van der Waals surface area contributed by atoms with Crippen LogP contribution in [0.1, 0.15) is 5.69 Å². The minimum absolute atomic E-state index is 0.267. The maximum Gasteiger partial charge on any atom is 0.275 e. The highest BCUT2D eigenvalue weighted by Crippen LogP contribution is 2.24. The zero-order valence-corrected chi connectivity index (χ0v) is 10.6. The summed E-state index contributed by atoms with van der Waals surface area (Å²) in [4.78, 5) is 9.62. The van der Waals surface area contributed by atoms with Crippen LogP contribution in [-0.2, 0) is 13.5 Å². The standard InChI is InChI=1S/C12H12F2N4O2/c1-17-5-3-8(16-17)2-4-15-12-10(13)6-9(18(19)20)7-11(12)14/h3,5-7,15H,2,4H2,1H3. The van der Waals surface area contributed by atoms with E-state index < -0.39 is 22.2 Å². The van der Waals surface area contributed by atoms with Crippen molar-refractivity contribution in [2.24, 2.45) is 7.05 Å². The molecule has 0 saturated carbocycles. The summed E-state index contributed by atoms with van der Waals surface area (Å²) in [6.07, 6.45) is 2.25. The van der Waals surface area contributed by atoms with Gasteiger partial charge in [0, 0.05) is 26.2 Å². The summed E-state index contributed by atoms with van der Waals surface area (Å²) in [5.41, 5.74) is -0.204. The van der Waals surface area contributed by atoms with Crippen LogP contribution in [0.3, 0.4) is 0 Å². The smallest absolute Gasteiger partial charge is 0.275 e. The molecule has 2 rings (SSSR count). The van der Waals surface area contributed by atoms with Crippen LogP contribution in [0.25, 0.3) is 0 Å². The number of hydrogen-bond donors (Lipinski definition) is 1. The summed E-state index contributed by atoms with van der Waals surface area (Å²) in [5, 5.41) is 17.2. The van der Waals surface area contributed by atoms with Gasteiger partial charge >= 0.3 is 0 Å². The van der Waals surface area contributed by atoms with E-state index in [1.807, 2.05) is 0 Å². The monoisotopic (exact) mass is 282 g/mol. The fraction of sp³-hybridized carbons (Fsp3) is 0.250. The minimum Gasteiger partial charge on any atom is -0.380 e. The highest BCUT2D eigenvalue weighted by atomic mass is 19.1. The number of nitrogens with zero attached hydrogens (tertiary/aromatic N) is 3. The average Bonchev–Trinajstić information content (AvgIpc) is 2.78. The van der Waals surface area contributed by atoms with Gasteiger partial charge < -0.3 is 5.32 Å². The molecule has 0 unspecified atom stereocenters. The number of rotatable bonds is 5. The molecule has 2 aromatic rings. The van der Waals surface area contributed by atoms with Crippen LogP contribution in [0.15, 0.2) is 24.4 Å². The van der Waals surface area contributed by atoms with Crippen molar-refractivity contribution in [2.45, 2.75) is 6.42 Å². The summed E-state index contributed by atoms with van der Waals surface area (Å²) in [7, 11) is 1.77. The highest BCUT2D eigenvalue weighted by Gasteiger charge is 2.16. The third kappa shape index (κ3) is 3.08. The molecule has 0 radical (unpaired) electrons. The van der Waals surface area contributed by atoms with Crippen molar-refractivity contribution < 1.29 is 13.7 Å². The Morgan fingerprint density at radius 1 is 1.40 bits per heavy atom. The largest absolute Gasteiger partial charge is 0.380 e. The van der Waals surface area contributed by atoms with E-state index in [4.69, 9.17) is 0 Å². The van der Waals surface area contributed by atoms with Gasteiger partial charge in [-0.25, -0.2) is 8.78 Å². The topological polar surface area (TPSA) is 73.0 Å². The Morgan fingerprint density at radius 2 is 2.05 bits per heavy atom. The lowest BCUT2D eigenvalue weighted by atomic mass is 10.2. The van der Waals surface area contributed by atoms with Crippen LogP contribution in [0, 0.1) is 21.7 Å². The van der Waals surface area contributed by atoms with Crippen molar-refractivity contribution in [2.75, 3.05) is 11.9 Å². The second-order valence-electron chi connectivity index (χ2n) is 4.20. The SMILES string of the molecule is Cn1ccc(CCNc2c(F)cc([N+](=O)[O-])cc2F)n1. The average molecular weight is 282 g/mol. The highest BCUT2D eigenvalue weighted by molar-refractivity contribution is 5.51. The molecule has 0 aliphatic carbocycles. The lowest BCUT2D eigenvalue weighted by Gasteiger charge is -2.07. The van der Waals surface area contributed by atoms with E-state index in [9.17, 15) is 18.9 Å². The van der Waals surface area contributed by atoms with E-state index in [-0.39, 0.29) is 12.2 Å². The second-order valence-corrected chi connectivity index (χ2v) is 4.20. The van der Waals surface area contributed by atoms with Crippen molar-refractivity contribution >= 4 is 11.4 Å². The van der Waals surface area contributed by atoms with Crippen LogP contribution in [-0.4, -0.2) is 21.2 Å². The number of nitro groups is 1. The summed E-state index contributed by atoms with van der Waals surface area (Å²) in [6, 6.07) is 3.17. The fourth-order valence-corrected chi connectivity index (χ4v) is 1.75. The minimum atomic E-state index is -0.988. The van der Waals surface area contributed by atoms with Gasteiger partial charge in [-0.05, 0) is 6.07 Å². The molecule has 106 valence electrons. The van der Waals surface area contributed by atoms with Gasteiger partial charge in [-0.15, -0.1) is 0 Å². The Labute approximate surface area is 113 Å². The number of aromatic nitrogens is 2. The number of nitrogens with one attached hydrogen (secondary N) is 1. The molecule has 8 heteroatoms. The summed E-state index contributed by atoms with van der Waals surface area (Å²) in [5.74, 6) is -1.98. The molecule has 0 amide bonds. The Bertz CT molecular complexity index is 619. The molecule has 0 bridgehead atoms. The van der Waals surface area contributed by atoms with Crippen molar-refractivity contribution in [3.63, 3.8) is 0 Å². The first-order chi connectivity index (χ1) is 9.47. The molecule has 1 aromatic heterocycles. The van der Waals surface area contributed by atoms with Crippen molar-refractivity contribution in [1.29, 1.82) is 0 Å². The first-order valence-electron chi connectivity index (χ1n) is 5.83. The Morgan fingerprint density at radius 3 is 2.55 bits per heavy atom. The van der Waals surface area contributed by atoms with Gasteiger partial charge in [0.05, 0.1) is 22.7 Å². The van der Waals surface area contributed by atoms with Crippen LogP contribution < -0.4 is 5.32 Å². The van der Waals surface area contributed by atoms with E-state index in [0.717, 1.165) is 5.69 Å². The molecule has 0 aliphatic heterocycles. The van der Waals surface area contributed by atoms with E-state index in [1.165, 1.54) is 0 Å². The lowest BCUT2D eigenvalue weighted by molar-refractivity contribution is -0.385. The number of nitro benzene ring substituents is 1. The van der Waals surface area contributed by atoms with Crippen LogP contribution in [0.5, 0.6) is 0 Å². The maximum atomic E-state index is 13.6. The third-order valence-corrected chi connectivity index (χ3v) is 2.69. The predicted octanol–water partition coefficient (Wildman–Crippen LogP) is 2.26. The van der Waals surface area contributed by atoms with Gasteiger partial charge in [0.1, 0.15) is 5.69 Å². The Hall–Kier alpha value is -2.51.